The van der Waals surface area contributed by atoms with Crippen molar-refractivity contribution in [3.8, 4) is 0 Å². The highest BCUT2D eigenvalue weighted by Crippen LogP contribution is 2.25. The number of hydrogen-bond acceptors (Lipinski definition) is 4. The largest absolute Gasteiger partial charge is 0.335 e. The van der Waals surface area contributed by atoms with Gasteiger partial charge in [-0.3, -0.25) is 0 Å². The molecule has 1 aromatic carbocycles. The number of amides is 2. The Morgan fingerprint density at radius 3 is 2.45 bits per heavy atom. The van der Waals surface area contributed by atoms with Crippen LogP contribution in [-0.4, -0.2) is 38.3 Å². The molecule has 0 saturated carbocycles. The summed E-state index contributed by atoms with van der Waals surface area (Å²) < 4.78 is 23.1. The summed E-state index contributed by atoms with van der Waals surface area (Å²) >= 11 is 1.62. The molecule has 0 radical (unpaired) electrons. The van der Waals surface area contributed by atoms with E-state index in [-0.39, 0.29) is 23.6 Å². The number of rotatable bonds is 7. The molecule has 5 nitrogen and oxygen atoms in total. The first kappa shape index (κ1) is 18.8. The van der Waals surface area contributed by atoms with Gasteiger partial charge in [0.2, 0.25) is 0 Å². The Hall–Kier alpha value is -1.21. The van der Waals surface area contributed by atoms with Gasteiger partial charge in [0, 0.05) is 16.7 Å². The normalized spacial score (nSPS) is 14.2. The summed E-state index contributed by atoms with van der Waals surface area (Å²) in [6.07, 6.45) is 1.99. The Kier molecular flexibility index (Phi) is 7.22. The number of thioether (sulfide) groups is 1. The molecule has 0 bridgehead atoms. The maximum Gasteiger partial charge on any atom is 0.315 e. The van der Waals surface area contributed by atoms with Gasteiger partial charge in [-0.2, -0.15) is 0 Å². The number of nitrogens with one attached hydrogen (secondary N) is 2. The number of carbonyl (C=O) groups is 1. The molecule has 0 spiro atoms. The summed E-state index contributed by atoms with van der Waals surface area (Å²) in [7, 11) is -3.10. The molecule has 0 fully saturated rings. The van der Waals surface area contributed by atoms with Crippen LogP contribution in [0.25, 0.3) is 0 Å². The Morgan fingerprint density at radius 1 is 1.23 bits per heavy atom. The van der Waals surface area contributed by atoms with Crippen molar-refractivity contribution < 1.29 is 13.2 Å². The minimum atomic E-state index is -3.10. The van der Waals surface area contributed by atoms with Crippen molar-refractivity contribution in [3.63, 3.8) is 0 Å². The van der Waals surface area contributed by atoms with E-state index in [9.17, 15) is 13.2 Å². The fraction of sp³-hybridized carbons (Fsp3) is 0.533. The van der Waals surface area contributed by atoms with Crippen molar-refractivity contribution in [2.75, 3.05) is 17.8 Å². The zero-order valence-corrected chi connectivity index (χ0v) is 15.1. The second-order valence-electron chi connectivity index (χ2n) is 5.18. The maximum atomic E-state index is 12.0. The van der Waals surface area contributed by atoms with Gasteiger partial charge in [0.15, 0.2) is 9.84 Å². The Bertz CT molecular complexity index is 603. The standard InChI is InChI=1S/C15H24N2O3S2/c1-5-22(19,20)10-11(2)16-15(18)17-12(3)13-8-6-7-9-14(13)21-4/h6-9,11-12H,5,10H2,1-4H3,(H2,16,17,18)/t11-,12-/m1/s1. The monoisotopic (exact) mass is 344 g/mol. The maximum absolute atomic E-state index is 12.0. The topological polar surface area (TPSA) is 75.3 Å². The lowest BCUT2D eigenvalue weighted by Crippen LogP contribution is -2.44. The second-order valence-corrected chi connectivity index (χ2v) is 8.43. The Labute approximate surface area is 137 Å². The SMILES string of the molecule is CCS(=O)(=O)C[C@@H](C)NC(=O)N[C@H](C)c1ccccc1SC. The van der Waals surface area contributed by atoms with E-state index in [1.807, 2.05) is 37.4 Å². The van der Waals surface area contributed by atoms with Gasteiger partial charge in [0.1, 0.15) is 0 Å². The van der Waals surface area contributed by atoms with Crippen LogP contribution in [0.2, 0.25) is 0 Å². The third-order valence-electron chi connectivity index (χ3n) is 3.27. The number of hydrogen-bond donors (Lipinski definition) is 2. The van der Waals surface area contributed by atoms with E-state index in [0.29, 0.717) is 0 Å². The molecular formula is C15H24N2O3S2. The van der Waals surface area contributed by atoms with Crippen molar-refractivity contribution in [1.29, 1.82) is 0 Å². The molecule has 22 heavy (non-hydrogen) atoms. The van der Waals surface area contributed by atoms with E-state index in [0.717, 1.165) is 10.5 Å². The Morgan fingerprint density at radius 2 is 1.86 bits per heavy atom. The summed E-state index contributed by atoms with van der Waals surface area (Å²) in [5.74, 6) is 0.0326. The van der Waals surface area contributed by atoms with E-state index >= 15 is 0 Å². The molecule has 0 aliphatic heterocycles. The summed E-state index contributed by atoms with van der Waals surface area (Å²) in [6, 6.07) is 6.93. The van der Waals surface area contributed by atoms with E-state index in [4.69, 9.17) is 0 Å². The number of sulfone groups is 1. The molecule has 0 heterocycles. The summed E-state index contributed by atoms with van der Waals surface area (Å²) in [6.45, 7) is 5.19. The van der Waals surface area contributed by atoms with Crippen molar-refractivity contribution in [3.05, 3.63) is 29.8 Å². The predicted molar refractivity (Wildman–Crippen MR) is 92.1 cm³/mol. The molecule has 0 aromatic heterocycles. The van der Waals surface area contributed by atoms with Crippen LogP contribution >= 0.6 is 11.8 Å². The van der Waals surface area contributed by atoms with Gasteiger partial charge in [-0.1, -0.05) is 25.1 Å². The molecule has 7 heteroatoms. The highest BCUT2D eigenvalue weighted by atomic mass is 32.2. The fourth-order valence-corrected chi connectivity index (χ4v) is 3.88. The van der Waals surface area contributed by atoms with Crippen LogP contribution in [0, 0.1) is 0 Å². The van der Waals surface area contributed by atoms with Crippen LogP contribution in [0.1, 0.15) is 32.4 Å². The molecule has 124 valence electrons. The van der Waals surface area contributed by atoms with Crippen molar-refractivity contribution in [1.82, 2.24) is 10.6 Å². The molecule has 0 unspecified atom stereocenters. The molecule has 0 aliphatic rings. The number of benzene rings is 1. The first-order chi connectivity index (χ1) is 10.3. The van der Waals surface area contributed by atoms with Crippen LogP contribution in [0.4, 0.5) is 4.79 Å². The zero-order chi connectivity index (χ0) is 16.8. The highest BCUT2D eigenvalue weighted by Gasteiger charge is 2.17. The number of urea groups is 1. The number of carbonyl (C=O) groups excluding carboxylic acids is 1. The van der Waals surface area contributed by atoms with Crippen LogP contribution < -0.4 is 10.6 Å². The predicted octanol–water partition coefficient (Wildman–Crippen LogP) is 2.59. The van der Waals surface area contributed by atoms with E-state index < -0.39 is 15.9 Å². The lowest BCUT2D eigenvalue weighted by molar-refractivity contribution is 0.235. The summed E-state index contributed by atoms with van der Waals surface area (Å²) in [4.78, 5) is 13.1. The Balaban J connectivity index is 2.61. The van der Waals surface area contributed by atoms with Crippen molar-refractivity contribution in [2.24, 2.45) is 0 Å². The highest BCUT2D eigenvalue weighted by molar-refractivity contribution is 7.98. The third-order valence-corrected chi connectivity index (χ3v) is 5.97. The van der Waals surface area contributed by atoms with E-state index in [1.54, 1.807) is 25.6 Å². The van der Waals surface area contributed by atoms with Gasteiger partial charge in [-0.25, -0.2) is 13.2 Å². The molecule has 2 atom stereocenters. The van der Waals surface area contributed by atoms with Gasteiger partial charge in [0.05, 0.1) is 11.8 Å². The molecule has 1 aromatic rings. The molecule has 2 amide bonds. The van der Waals surface area contributed by atoms with Crippen LogP contribution in [0.15, 0.2) is 29.2 Å². The third kappa shape index (κ3) is 5.88. The van der Waals surface area contributed by atoms with Gasteiger partial charge < -0.3 is 10.6 Å². The average molecular weight is 345 g/mol. The van der Waals surface area contributed by atoms with Gasteiger partial charge >= 0.3 is 6.03 Å². The average Bonchev–Trinajstić information content (AvgIpc) is 2.46. The van der Waals surface area contributed by atoms with Gasteiger partial charge in [-0.05, 0) is 31.7 Å². The molecule has 2 N–H and O–H groups in total. The minimum absolute atomic E-state index is 0.0489. The summed E-state index contributed by atoms with van der Waals surface area (Å²) in [5, 5.41) is 5.52. The van der Waals surface area contributed by atoms with Crippen molar-refractivity contribution in [2.45, 2.75) is 37.8 Å². The zero-order valence-electron chi connectivity index (χ0n) is 13.4. The first-order valence-corrected chi connectivity index (χ1v) is 10.2. The fourth-order valence-electron chi connectivity index (χ4n) is 2.10. The van der Waals surface area contributed by atoms with Crippen LogP contribution in [-0.2, 0) is 9.84 Å². The van der Waals surface area contributed by atoms with Gasteiger partial charge in [0.25, 0.3) is 0 Å². The molecule has 0 aliphatic carbocycles. The smallest absolute Gasteiger partial charge is 0.315 e. The van der Waals surface area contributed by atoms with E-state index in [2.05, 4.69) is 10.6 Å². The minimum Gasteiger partial charge on any atom is -0.335 e. The molecule has 1 rings (SSSR count). The quantitative estimate of drug-likeness (QED) is 0.746. The lowest BCUT2D eigenvalue weighted by atomic mass is 10.1. The van der Waals surface area contributed by atoms with Crippen LogP contribution in [0.5, 0.6) is 0 Å². The first-order valence-electron chi connectivity index (χ1n) is 7.19. The second kappa shape index (κ2) is 8.43. The molecule has 0 saturated heterocycles. The summed E-state index contributed by atoms with van der Waals surface area (Å²) in [5.41, 5.74) is 1.04. The van der Waals surface area contributed by atoms with E-state index in [1.165, 1.54) is 0 Å². The molecular weight excluding hydrogens is 320 g/mol. The van der Waals surface area contributed by atoms with Gasteiger partial charge in [-0.15, -0.1) is 11.8 Å². The lowest BCUT2D eigenvalue weighted by Gasteiger charge is -2.20. The van der Waals surface area contributed by atoms with Crippen LogP contribution in [0.3, 0.4) is 0 Å². The van der Waals surface area contributed by atoms with Crippen molar-refractivity contribution >= 4 is 27.6 Å².